The fourth-order valence-corrected chi connectivity index (χ4v) is 3.77. The highest BCUT2D eigenvalue weighted by Gasteiger charge is 2.45. The Balaban J connectivity index is 1.51. The van der Waals surface area contributed by atoms with Gasteiger partial charge in [-0.15, -0.1) is 0 Å². The molecule has 0 radical (unpaired) electrons. The molecular weight excluding hydrogens is 386 g/mol. The number of carbonyl (C=O) groups excluding carboxylic acids is 5. The van der Waals surface area contributed by atoms with E-state index >= 15 is 0 Å². The van der Waals surface area contributed by atoms with E-state index in [1.807, 2.05) is 30.3 Å². The first-order valence-corrected chi connectivity index (χ1v) is 9.60. The molecule has 30 heavy (non-hydrogen) atoms. The molecule has 4 rings (SSSR count). The van der Waals surface area contributed by atoms with E-state index in [1.165, 1.54) is 6.07 Å². The normalized spacial score (nSPS) is 18.3. The lowest BCUT2D eigenvalue weighted by atomic mass is 10.0. The van der Waals surface area contributed by atoms with Crippen LogP contribution in [0.4, 0.5) is 0 Å². The van der Waals surface area contributed by atoms with Crippen molar-refractivity contribution in [1.29, 1.82) is 0 Å². The van der Waals surface area contributed by atoms with Gasteiger partial charge in [0.1, 0.15) is 6.04 Å². The summed E-state index contributed by atoms with van der Waals surface area (Å²) in [6.07, 6.45) is 0.358. The topological polar surface area (TPSA) is 113 Å². The Morgan fingerprint density at radius 3 is 2.50 bits per heavy atom. The number of benzene rings is 2. The zero-order valence-electron chi connectivity index (χ0n) is 16.0. The van der Waals surface area contributed by atoms with Crippen LogP contribution in [0.2, 0.25) is 0 Å². The van der Waals surface area contributed by atoms with Crippen LogP contribution >= 0.6 is 0 Å². The Kier molecular flexibility index (Phi) is 5.14. The van der Waals surface area contributed by atoms with Crippen molar-refractivity contribution < 1.29 is 24.0 Å². The first-order chi connectivity index (χ1) is 14.5. The zero-order chi connectivity index (χ0) is 21.3. The average Bonchev–Trinajstić information content (AvgIpc) is 2.98. The summed E-state index contributed by atoms with van der Waals surface area (Å²) in [5.41, 5.74) is 1.75. The molecule has 1 saturated heterocycles. The Morgan fingerprint density at radius 2 is 1.77 bits per heavy atom. The average molecular weight is 405 g/mol. The van der Waals surface area contributed by atoms with Crippen LogP contribution in [-0.4, -0.2) is 40.5 Å². The number of fused-ring (bicyclic) bond motifs is 1. The second-order valence-corrected chi connectivity index (χ2v) is 7.23. The Labute approximate surface area is 172 Å². The molecule has 2 heterocycles. The molecule has 152 valence electrons. The molecule has 2 aliphatic heterocycles. The fourth-order valence-electron chi connectivity index (χ4n) is 3.77. The maximum absolute atomic E-state index is 13.0. The molecule has 8 nitrogen and oxygen atoms in total. The number of nitrogens with zero attached hydrogens (tertiary/aromatic N) is 1. The number of hydrogen-bond acceptors (Lipinski definition) is 5. The summed E-state index contributed by atoms with van der Waals surface area (Å²) in [4.78, 5) is 62.6. The first kappa shape index (κ1) is 19.5. The standard InChI is InChI=1S/C22H19N3O5/c26-17-10-9-16(20(28)24-17)25-21(29)15-8-4-7-14(19(15)22(25)30)12-23-18(27)11-13-5-2-1-3-6-13/h1-8,16H,9-12H2,(H,23,27)(H,24,26,28). The molecular formula is C22H19N3O5. The molecule has 0 bridgehead atoms. The predicted molar refractivity (Wildman–Crippen MR) is 105 cm³/mol. The van der Waals surface area contributed by atoms with Gasteiger partial charge in [-0.2, -0.15) is 0 Å². The van der Waals surface area contributed by atoms with Gasteiger partial charge < -0.3 is 5.32 Å². The van der Waals surface area contributed by atoms with E-state index in [0.717, 1.165) is 10.5 Å². The van der Waals surface area contributed by atoms with E-state index in [-0.39, 0.29) is 42.8 Å². The van der Waals surface area contributed by atoms with Crippen LogP contribution in [0.3, 0.4) is 0 Å². The molecule has 0 saturated carbocycles. The summed E-state index contributed by atoms with van der Waals surface area (Å²) in [6, 6.07) is 13.1. The van der Waals surface area contributed by atoms with Gasteiger partial charge in [0.15, 0.2) is 0 Å². The Morgan fingerprint density at radius 1 is 1.00 bits per heavy atom. The van der Waals surface area contributed by atoms with Crippen molar-refractivity contribution >= 4 is 29.5 Å². The number of nitrogens with one attached hydrogen (secondary N) is 2. The van der Waals surface area contributed by atoms with Gasteiger partial charge in [0.2, 0.25) is 17.7 Å². The summed E-state index contributed by atoms with van der Waals surface area (Å²) in [6.45, 7) is 0.0804. The van der Waals surface area contributed by atoms with E-state index in [2.05, 4.69) is 10.6 Å². The minimum absolute atomic E-state index is 0.0617. The van der Waals surface area contributed by atoms with Crippen molar-refractivity contribution in [2.45, 2.75) is 31.8 Å². The quantitative estimate of drug-likeness (QED) is 0.719. The summed E-state index contributed by atoms with van der Waals surface area (Å²) < 4.78 is 0. The SMILES string of the molecule is O=C(Cc1ccccc1)NCc1cccc2c1C(=O)N(C1CCC(=O)NC1=O)C2=O. The van der Waals surface area contributed by atoms with Crippen LogP contribution in [0.25, 0.3) is 0 Å². The molecule has 8 heteroatoms. The van der Waals surface area contributed by atoms with Gasteiger partial charge in [-0.1, -0.05) is 42.5 Å². The van der Waals surface area contributed by atoms with Gasteiger partial charge in [0.05, 0.1) is 17.5 Å². The van der Waals surface area contributed by atoms with Crippen molar-refractivity contribution in [3.63, 3.8) is 0 Å². The van der Waals surface area contributed by atoms with Crippen LogP contribution < -0.4 is 10.6 Å². The van der Waals surface area contributed by atoms with Crippen molar-refractivity contribution in [3.8, 4) is 0 Å². The van der Waals surface area contributed by atoms with Gasteiger partial charge >= 0.3 is 0 Å². The van der Waals surface area contributed by atoms with E-state index in [1.54, 1.807) is 12.1 Å². The third-order valence-corrected chi connectivity index (χ3v) is 5.24. The molecule has 2 aliphatic rings. The molecule has 2 N–H and O–H groups in total. The minimum atomic E-state index is -1.02. The summed E-state index contributed by atoms with van der Waals surface area (Å²) >= 11 is 0. The Hall–Kier alpha value is -3.81. The number of amides is 5. The summed E-state index contributed by atoms with van der Waals surface area (Å²) in [5, 5.41) is 4.95. The zero-order valence-corrected chi connectivity index (χ0v) is 16.0. The second-order valence-electron chi connectivity index (χ2n) is 7.23. The molecule has 0 aliphatic carbocycles. The highest BCUT2D eigenvalue weighted by Crippen LogP contribution is 2.29. The first-order valence-electron chi connectivity index (χ1n) is 9.60. The summed E-state index contributed by atoms with van der Waals surface area (Å²) in [7, 11) is 0. The maximum Gasteiger partial charge on any atom is 0.262 e. The van der Waals surface area contributed by atoms with Crippen LogP contribution in [0.15, 0.2) is 48.5 Å². The minimum Gasteiger partial charge on any atom is -0.352 e. The van der Waals surface area contributed by atoms with Crippen LogP contribution in [0.1, 0.15) is 44.7 Å². The van der Waals surface area contributed by atoms with Gasteiger partial charge in [0.25, 0.3) is 11.8 Å². The second kappa shape index (κ2) is 7.90. The van der Waals surface area contributed by atoms with Crippen molar-refractivity contribution in [1.82, 2.24) is 15.5 Å². The van der Waals surface area contributed by atoms with Crippen LogP contribution in [0.5, 0.6) is 0 Å². The van der Waals surface area contributed by atoms with E-state index in [4.69, 9.17) is 0 Å². The van der Waals surface area contributed by atoms with Gasteiger partial charge in [-0.3, -0.25) is 34.2 Å². The highest BCUT2D eigenvalue weighted by molar-refractivity contribution is 6.24. The smallest absolute Gasteiger partial charge is 0.262 e. The lowest BCUT2D eigenvalue weighted by Crippen LogP contribution is -2.54. The molecule has 2 aromatic rings. The third-order valence-electron chi connectivity index (χ3n) is 5.24. The molecule has 1 atom stereocenters. The van der Waals surface area contributed by atoms with Crippen molar-refractivity contribution in [2.24, 2.45) is 0 Å². The number of rotatable bonds is 5. The van der Waals surface area contributed by atoms with Crippen molar-refractivity contribution in [3.05, 3.63) is 70.8 Å². The molecule has 5 amide bonds. The van der Waals surface area contributed by atoms with Crippen LogP contribution in [0, 0.1) is 0 Å². The van der Waals surface area contributed by atoms with Crippen molar-refractivity contribution in [2.75, 3.05) is 0 Å². The van der Waals surface area contributed by atoms with E-state index in [9.17, 15) is 24.0 Å². The lowest BCUT2D eigenvalue weighted by molar-refractivity contribution is -0.136. The summed E-state index contributed by atoms with van der Waals surface area (Å²) in [5.74, 6) is -2.44. The number of hydrogen-bond donors (Lipinski definition) is 2. The molecule has 0 spiro atoms. The number of piperidine rings is 1. The van der Waals surface area contributed by atoms with E-state index in [0.29, 0.717) is 5.56 Å². The monoisotopic (exact) mass is 405 g/mol. The molecule has 2 aromatic carbocycles. The number of carbonyl (C=O) groups is 5. The van der Waals surface area contributed by atoms with Gasteiger partial charge in [-0.05, 0) is 23.6 Å². The fraction of sp³-hybridized carbons (Fsp3) is 0.227. The Bertz CT molecular complexity index is 1060. The maximum atomic E-state index is 13.0. The largest absolute Gasteiger partial charge is 0.352 e. The molecule has 0 aromatic heterocycles. The molecule has 1 unspecified atom stereocenters. The highest BCUT2D eigenvalue weighted by atomic mass is 16.2. The predicted octanol–water partition coefficient (Wildman–Crippen LogP) is 0.947. The lowest BCUT2D eigenvalue weighted by Gasteiger charge is -2.27. The third kappa shape index (κ3) is 3.59. The van der Waals surface area contributed by atoms with E-state index < -0.39 is 29.7 Å². The van der Waals surface area contributed by atoms with Gasteiger partial charge in [-0.25, -0.2) is 0 Å². The molecule has 1 fully saturated rings. The van der Waals surface area contributed by atoms with Gasteiger partial charge in [0, 0.05) is 13.0 Å². The number of imide groups is 2. The van der Waals surface area contributed by atoms with Crippen LogP contribution in [-0.2, 0) is 27.3 Å².